The third kappa shape index (κ3) is 4.91. The molecule has 1 aliphatic rings. The molecule has 3 atom stereocenters. The molecule has 0 saturated heterocycles. The Morgan fingerprint density at radius 2 is 1.89 bits per heavy atom. The lowest BCUT2D eigenvalue weighted by Crippen LogP contribution is -2.43. The first-order valence-corrected chi connectivity index (χ1v) is 9.15. The van der Waals surface area contributed by atoms with Crippen molar-refractivity contribution in [1.29, 1.82) is 0 Å². The molecule has 2 rings (SSSR count). The van der Waals surface area contributed by atoms with Gasteiger partial charge in [-0.05, 0) is 32.3 Å². The summed E-state index contributed by atoms with van der Waals surface area (Å²) in [6.45, 7) is 2.67. The van der Waals surface area contributed by atoms with Crippen LogP contribution in [0.2, 0.25) is 0 Å². The van der Waals surface area contributed by atoms with Crippen molar-refractivity contribution in [3.8, 4) is 11.5 Å². The average Bonchev–Trinajstić information content (AvgIpc) is 3.15. The molecule has 0 spiro atoms. The summed E-state index contributed by atoms with van der Waals surface area (Å²) < 4.78 is 16.1. The summed E-state index contributed by atoms with van der Waals surface area (Å²) in [4.78, 5) is 26.2. The van der Waals surface area contributed by atoms with Crippen molar-refractivity contribution in [3.05, 3.63) is 23.8 Å². The minimum absolute atomic E-state index is 0.0341. The smallest absolute Gasteiger partial charge is 0.306 e. The van der Waals surface area contributed by atoms with Crippen molar-refractivity contribution in [3.63, 3.8) is 0 Å². The number of aliphatic carboxylic acids is 1. The summed E-state index contributed by atoms with van der Waals surface area (Å²) in [6.07, 6.45) is 1.53. The average molecular weight is 379 g/mol. The lowest BCUT2D eigenvalue weighted by molar-refractivity contribution is -0.142. The Kier molecular flexibility index (Phi) is 7.47. The summed E-state index contributed by atoms with van der Waals surface area (Å²) in [5.74, 6) is -0.373. The van der Waals surface area contributed by atoms with Crippen LogP contribution in [-0.4, -0.2) is 55.9 Å². The van der Waals surface area contributed by atoms with Crippen LogP contribution in [-0.2, 0) is 20.9 Å². The monoisotopic (exact) mass is 379 g/mol. The summed E-state index contributed by atoms with van der Waals surface area (Å²) in [5.41, 5.74) is 0.834. The number of carbonyl (C=O) groups is 2. The highest BCUT2D eigenvalue weighted by atomic mass is 16.5. The predicted molar refractivity (Wildman–Crippen MR) is 99.9 cm³/mol. The molecule has 0 radical (unpaired) electrons. The molecule has 1 aromatic rings. The van der Waals surface area contributed by atoms with E-state index >= 15 is 0 Å². The molecule has 1 aromatic carbocycles. The fourth-order valence-electron chi connectivity index (χ4n) is 3.71. The zero-order chi connectivity index (χ0) is 20.0. The number of methoxy groups -OCH3 is 3. The number of rotatable bonds is 9. The van der Waals surface area contributed by atoms with E-state index in [1.54, 1.807) is 26.2 Å². The maximum atomic E-state index is 13.2. The number of carboxylic acids is 1. The number of carboxylic acid groups (broad SMARTS) is 1. The lowest BCUT2D eigenvalue weighted by atomic mass is 10.0. The van der Waals surface area contributed by atoms with Gasteiger partial charge in [0.2, 0.25) is 5.91 Å². The summed E-state index contributed by atoms with van der Waals surface area (Å²) in [7, 11) is 4.74. The van der Waals surface area contributed by atoms with Gasteiger partial charge in [-0.3, -0.25) is 9.59 Å². The van der Waals surface area contributed by atoms with Crippen LogP contribution in [0.25, 0.3) is 0 Å². The molecule has 0 bridgehead atoms. The lowest BCUT2D eigenvalue weighted by Gasteiger charge is -2.32. The number of carbonyl (C=O) groups excluding carboxylic acids is 1. The molecule has 1 fully saturated rings. The van der Waals surface area contributed by atoms with Crippen molar-refractivity contribution in [2.75, 3.05) is 27.9 Å². The Labute approximate surface area is 160 Å². The third-order valence-electron chi connectivity index (χ3n) is 5.18. The van der Waals surface area contributed by atoms with Crippen LogP contribution < -0.4 is 9.47 Å². The molecule has 7 heteroatoms. The molecule has 1 unspecified atom stereocenters. The van der Waals surface area contributed by atoms with E-state index in [-0.39, 0.29) is 17.9 Å². The van der Waals surface area contributed by atoms with Crippen molar-refractivity contribution >= 4 is 11.9 Å². The van der Waals surface area contributed by atoms with Gasteiger partial charge in [0, 0.05) is 25.1 Å². The predicted octanol–water partition coefficient (Wildman–Crippen LogP) is 2.57. The summed E-state index contributed by atoms with van der Waals surface area (Å²) in [5, 5.41) is 9.23. The third-order valence-corrected chi connectivity index (χ3v) is 5.18. The van der Waals surface area contributed by atoms with E-state index in [4.69, 9.17) is 14.2 Å². The van der Waals surface area contributed by atoms with E-state index in [2.05, 4.69) is 0 Å². The second-order valence-electron chi connectivity index (χ2n) is 6.97. The molecule has 1 amide bonds. The number of nitrogens with zero attached hydrogens (tertiary/aromatic N) is 1. The molecule has 0 aliphatic heterocycles. The van der Waals surface area contributed by atoms with Crippen molar-refractivity contribution < 1.29 is 28.9 Å². The molecule has 27 heavy (non-hydrogen) atoms. The highest BCUT2D eigenvalue weighted by Crippen LogP contribution is 2.35. The van der Waals surface area contributed by atoms with Gasteiger partial charge in [0.15, 0.2) is 11.5 Å². The number of hydrogen-bond acceptors (Lipinski definition) is 5. The van der Waals surface area contributed by atoms with E-state index < -0.39 is 11.9 Å². The van der Waals surface area contributed by atoms with Gasteiger partial charge >= 0.3 is 5.97 Å². The van der Waals surface area contributed by atoms with Crippen LogP contribution in [0.15, 0.2) is 18.2 Å². The van der Waals surface area contributed by atoms with Crippen molar-refractivity contribution in [2.24, 2.45) is 11.8 Å². The standard InChI is InChI=1S/C20H29NO6/c1-13(12-25-2)21(19(22)14-8-9-15(10-14)20(23)24)11-16-6-5-7-17(26-3)18(16)27-4/h5-7,13-15H,8-12H2,1-4H3,(H,23,24)/t13?,14-,15+/m0/s1. The Morgan fingerprint density at radius 1 is 1.19 bits per heavy atom. The Balaban J connectivity index is 2.25. The highest BCUT2D eigenvalue weighted by Gasteiger charge is 2.37. The van der Waals surface area contributed by atoms with Gasteiger partial charge in [-0.1, -0.05) is 12.1 Å². The second kappa shape index (κ2) is 9.60. The maximum Gasteiger partial charge on any atom is 0.306 e. The topological polar surface area (TPSA) is 85.3 Å². The van der Waals surface area contributed by atoms with Crippen LogP contribution in [0.4, 0.5) is 0 Å². The van der Waals surface area contributed by atoms with E-state index in [1.807, 2.05) is 25.1 Å². The number of para-hydroxylation sites is 1. The van der Waals surface area contributed by atoms with Crippen molar-refractivity contribution in [1.82, 2.24) is 4.90 Å². The van der Waals surface area contributed by atoms with Crippen LogP contribution in [0.5, 0.6) is 11.5 Å². The van der Waals surface area contributed by atoms with Crippen LogP contribution in [0, 0.1) is 11.8 Å². The van der Waals surface area contributed by atoms with Crippen LogP contribution in [0.3, 0.4) is 0 Å². The zero-order valence-electron chi connectivity index (χ0n) is 16.4. The first-order chi connectivity index (χ1) is 12.9. The Bertz CT molecular complexity index is 662. The van der Waals surface area contributed by atoms with E-state index in [1.165, 1.54) is 0 Å². The van der Waals surface area contributed by atoms with Crippen LogP contribution >= 0.6 is 0 Å². The van der Waals surface area contributed by atoms with Crippen LogP contribution in [0.1, 0.15) is 31.7 Å². The SMILES string of the molecule is COCC(C)N(Cc1cccc(OC)c1OC)C(=O)[C@H]1CC[C@@H](C(=O)O)C1. The normalized spacial score (nSPS) is 20.1. The molecule has 0 heterocycles. The van der Waals surface area contributed by atoms with Gasteiger partial charge in [0.1, 0.15) is 0 Å². The quantitative estimate of drug-likeness (QED) is 0.710. The fraction of sp³-hybridized carbons (Fsp3) is 0.600. The molecule has 1 N–H and O–H groups in total. The first kappa shape index (κ1) is 21.0. The van der Waals surface area contributed by atoms with Gasteiger partial charge in [-0.25, -0.2) is 0 Å². The number of ether oxygens (including phenoxy) is 3. The molecule has 7 nitrogen and oxygen atoms in total. The minimum Gasteiger partial charge on any atom is -0.493 e. The van der Waals surface area contributed by atoms with Gasteiger partial charge in [-0.2, -0.15) is 0 Å². The molecule has 150 valence electrons. The number of benzene rings is 1. The second-order valence-corrected chi connectivity index (χ2v) is 6.97. The van der Waals surface area contributed by atoms with Gasteiger partial charge in [0.25, 0.3) is 0 Å². The van der Waals surface area contributed by atoms with Crippen molar-refractivity contribution in [2.45, 2.75) is 38.8 Å². The van der Waals surface area contributed by atoms with E-state index in [9.17, 15) is 14.7 Å². The molecule has 0 aromatic heterocycles. The minimum atomic E-state index is -0.823. The number of amides is 1. The first-order valence-electron chi connectivity index (χ1n) is 9.15. The Morgan fingerprint density at radius 3 is 2.44 bits per heavy atom. The molecule has 1 saturated carbocycles. The number of hydrogen-bond donors (Lipinski definition) is 1. The summed E-state index contributed by atoms with van der Waals surface area (Å²) >= 11 is 0. The van der Waals surface area contributed by atoms with Gasteiger partial charge in [-0.15, -0.1) is 0 Å². The Hall–Kier alpha value is -2.28. The maximum absolute atomic E-state index is 13.2. The van der Waals surface area contributed by atoms with Gasteiger partial charge < -0.3 is 24.2 Å². The highest BCUT2D eigenvalue weighted by molar-refractivity contribution is 5.81. The fourth-order valence-corrected chi connectivity index (χ4v) is 3.71. The molecular weight excluding hydrogens is 350 g/mol. The van der Waals surface area contributed by atoms with E-state index in [0.29, 0.717) is 43.9 Å². The molecular formula is C20H29NO6. The van der Waals surface area contributed by atoms with E-state index in [0.717, 1.165) is 5.56 Å². The zero-order valence-corrected chi connectivity index (χ0v) is 16.4. The summed E-state index contributed by atoms with van der Waals surface area (Å²) in [6, 6.07) is 5.41. The largest absolute Gasteiger partial charge is 0.493 e. The molecule has 1 aliphatic carbocycles. The van der Waals surface area contributed by atoms with Gasteiger partial charge in [0.05, 0.1) is 32.8 Å².